The highest BCUT2D eigenvalue weighted by atomic mass is 19.1. The summed E-state index contributed by atoms with van der Waals surface area (Å²) in [5, 5.41) is 15.4. The lowest BCUT2D eigenvalue weighted by atomic mass is 10.1. The maximum Gasteiger partial charge on any atom is 0.253 e. The summed E-state index contributed by atoms with van der Waals surface area (Å²) in [6, 6.07) is 13.6. The molecule has 0 unspecified atom stereocenters. The molecule has 0 radical (unpaired) electrons. The summed E-state index contributed by atoms with van der Waals surface area (Å²) in [6.07, 6.45) is 1.42. The monoisotopic (exact) mass is 367 g/mol. The van der Waals surface area contributed by atoms with Gasteiger partial charge in [-0.05, 0) is 29.8 Å². The molecule has 1 atom stereocenters. The van der Waals surface area contributed by atoms with Gasteiger partial charge < -0.3 is 15.7 Å². The third-order valence-electron chi connectivity index (χ3n) is 4.04. The van der Waals surface area contributed by atoms with E-state index in [-0.39, 0.29) is 12.4 Å². The minimum Gasteiger partial charge on any atom is -0.394 e. The molecule has 0 spiro atoms. The molecule has 1 aromatic heterocycles. The van der Waals surface area contributed by atoms with Crippen molar-refractivity contribution in [3.63, 3.8) is 0 Å². The molecule has 0 aliphatic carbocycles. The second-order valence-electron chi connectivity index (χ2n) is 5.97. The van der Waals surface area contributed by atoms with Crippen LogP contribution in [0.25, 0.3) is 10.9 Å². The molecule has 0 fully saturated rings. The highest BCUT2D eigenvalue weighted by Crippen LogP contribution is 2.12. The van der Waals surface area contributed by atoms with Gasteiger partial charge >= 0.3 is 0 Å². The lowest BCUT2D eigenvalue weighted by molar-refractivity contribution is -0.124. The number of aliphatic hydroxyl groups is 1. The Morgan fingerprint density at radius 1 is 1.11 bits per heavy atom. The van der Waals surface area contributed by atoms with Gasteiger partial charge in [0.1, 0.15) is 11.9 Å². The molecule has 2 aromatic carbocycles. The van der Waals surface area contributed by atoms with Crippen molar-refractivity contribution in [3.8, 4) is 0 Å². The van der Waals surface area contributed by atoms with E-state index in [1.807, 2.05) is 24.3 Å². The Kier molecular flexibility index (Phi) is 5.73. The molecule has 3 N–H and O–H groups in total. The summed E-state index contributed by atoms with van der Waals surface area (Å²) in [5.41, 5.74) is 1.75. The third-order valence-corrected chi connectivity index (χ3v) is 4.04. The number of halogens is 1. The summed E-state index contributed by atoms with van der Waals surface area (Å²) in [7, 11) is 0. The van der Waals surface area contributed by atoms with E-state index in [1.165, 1.54) is 18.3 Å². The van der Waals surface area contributed by atoms with Gasteiger partial charge in [0.15, 0.2) is 0 Å². The van der Waals surface area contributed by atoms with E-state index in [2.05, 4.69) is 15.6 Å². The van der Waals surface area contributed by atoms with Gasteiger partial charge in [-0.2, -0.15) is 0 Å². The van der Waals surface area contributed by atoms with Crippen LogP contribution >= 0.6 is 0 Å². The summed E-state index contributed by atoms with van der Waals surface area (Å²) >= 11 is 0. The number of amides is 2. The average Bonchev–Trinajstić information content (AvgIpc) is 2.70. The summed E-state index contributed by atoms with van der Waals surface area (Å²) in [6.45, 7) is -0.398. The molecule has 138 valence electrons. The second-order valence-corrected chi connectivity index (χ2v) is 5.97. The smallest absolute Gasteiger partial charge is 0.253 e. The van der Waals surface area contributed by atoms with Crippen LogP contribution in [0, 0.1) is 5.82 Å². The lowest BCUT2D eigenvalue weighted by Crippen LogP contribution is -2.48. The molecular formula is C20H18FN3O3. The fourth-order valence-electron chi connectivity index (χ4n) is 2.55. The van der Waals surface area contributed by atoms with Gasteiger partial charge in [0.05, 0.1) is 17.7 Å². The minimum atomic E-state index is -1.11. The number of para-hydroxylation sites is 1. The van der Waals surface area contributed by atoms with E-state index in [4.69, 9.17) is 0 Å². The highest BCUT2D eigenvalue weighted by molar-refractivity contribution is 5.99. The van der Waals surface area contributed by atoms with Crippen LogP contribution in [0.5, 0.6) is 0 Å². The number of hydrogen-bond acceptors (Lipinski definition) is 4. The predicted octanol–water partition coefficient (Wildman–Crippen LogP) is 1.78. The van der Waals surface area contributed by atoms with Gasteiger partial charge in [-0.25, -0.2) is 4.39 Å². The first-order valence-corrected chi connectivity index (χ1v) is 8.35. The minimum absolute atomic E-state index is 0.156. The van der Waals surface area contributed by atoms with E-state index >= 15 is 0 Å². The van der Waals surface area contributed by atoms with Crippen molar-refractivity contribution >= 4 is 22.7 Å². The molecule has 1 heterocycles. The molecular weight excluding hydrogens is 349 g/mol. The van der Waals surface area contributed by atoms with Crippen LogP contribution in [0.1, 0.15) is 15.9 Å². The van der Waals surface area contributed by atoms with Crippen molar-refractivity contribution in [2.45, 2.75) is 12.6 Å². The molecule has 2 amide bonds. The third kappa shape index (κ3) is 4.65. The topological polar surface area (TPSA) is 91.3 Å². The second kappa shape index (κ2) is 8.37. The number of rotatable bonds is 6. The van der Waals surface area contributed by atoms with E-state index < -0.39 is 24.5 Å². The van der Waals surface area contributed by atoms with Gasteiger partial charge in [0.2, 0.25) is 5.91 Å². The normalized spacial score (nSPS) is 11.8. The number of nitrogens with zero attached hydrogens (tertiary/aromatic N) is 1. The Bertz CT molecular complexity index is 960. The zero-order chi connectivity index (χ0) is 19.2. The summed E-state index contributed by atoms with van der Waals surface area (Å²) in [4.78, 5) is 28.8. The fraction of sp³-hybridized carbons (Fsp3) is 0.150. The first-order chi connectivity index (χ1) is 13.1. The Morgan fingerprint density at radius 2 is 1.85 bits per heavy atom. The zero-order valence-electron chi connectivity index (χ0n) is 14.4. The number of fused-ring (bicyclic) bond motifs is 1. The largest absolute Gasteiger partial charge is 0.394 e. The van der Waals surface area contributed by atoms with Crippen LogP contribution in [0.2, 0.25) is 0 Å². The average molecular weight is 367 g/mol. The van der Waals surface area contributed by atoms with E-state index in [9.17, 15) is 19.1 Å². The zero-order valence-corrected chi connectivity index (χ0v) is 14.4. The maximum absolute atomic E-state index is 12.9. The van der Waals surface area contributed by atoms with Crippen molar-refractivity contribution in [1.82, 2.24) is 15.6 Å². The van der Waals surface area contributed by atoms with Gasteiger partial charge in [-0.3, -0.25) is 14.6 Å². The Hall–Kier alpha value is -3.32. The first kappa shape index (κ1) is 18.5. The van der Waals surface area contributed by atoms with Gasteiger partial charge in [0, 0.05) is 18.1 Å². The molecule has 0 bridgehead atoms. The molecule has 0 aliphatic rings. The summed E-state index contributed by atoms with van der Waals surface area (Å²) < 4.78 is 12.9. The van der Waals surface area contributed by atoms with Crippen LogP contribution in [0.3, 0.4) is 0 Å². The number of carbonyl (C=O) groups excluding carboxylic acids is 2. The van der Waals surface area contributed by atoms with Crippen LogP contribution in [0.4, 0.5) is 4.39 Å². The first-order valence-electron chi connectivity index (χ1n) is 8.35. The van der Waals surface area contributed by atoms with Crippen LogP contribution in [0.15, 0.2) is 60.8 Å². The van der Waals surface area contributed by atoms with Crippen molar-refractivity contribution in [3.05, 3.63) is 77.7 Å². The molecule has 0 saturated carbocycles. The number of carbonyl (C=O) groups is 2. The number of nitrogens with one attached hydrogen (secondary N) is 2. The van der Waals surface area contributed by atoms with Crippen LogP contribution < -0.4 is 10.6 Å². The molecule has 7 heteroatoms. The van der Waals surface area contributed by atoms with Crippen molar-refractivity contribution in [2.75, 3.05) is 6.61 Å². The molecule has 0 aliphatic heterocycles. The molecule has 0 saturated heterocycles. The number of hydrogen-bond donors (Lipinski definition) is 3. The van der Waals surface area contributed by atoms with Gasteiger partial charge in [-0.15, -0.1) is 0 Å². The number of pyridine rings is 1. The van der Waals surface area contributed by atoms with Crippen molar-refractivity contribution in [1.29, 1.82) is 0 Å². The standard InChI is InChI=1S/C20H18FN3O3/c21-16-7-5-13(6-8-16)10-23-20(27)18(12-25)24-19(26)15-9-14-3-1-2-4-17(14)22-11-15/h1-9,11,18,25H,10,12H2,(H,23,27)(H,24,26)/t18-/m0/s1. The van der Waals surface area contributed by atoms with Crippen LogP contribution in [-0.2, 0) is 11.3 Å². The van der Waals surface area contributed by atoms with E-state index in [0.29, 0.717) is 11.1 Å². The van der Waals surface area contributed by atoms with Crippen molar-refractivity contribution in [2.24, 2.45) is 0 Å². The number of aliphatic hydroxyl groups excluding tert-OH is 1. The van der Waals surface area contributed by atoms with Gasteiger partial charge in [-0.1, -0.05) is 30.3 Å². The molecule has 6 nitrogen and oxygen atoms in total. The quantitative estimate of drug-likeness (QED) is 0.619. The van der Waals surface area contributed by atoms with E-state index in [0.717, 1.165) is 10.9 Å². The van der Waals surface area contributed by atoms with Crippen LogP contribution in [-0.4, -0.2) is 34.6 Å². The Morgan fingerprint density at radius 3 is 2.59 bits per heavy atom. The lowest BCUT2D eigenvalue weighted by Gasteiger charge is -2.16. The predicted molar refractivity (Wildman–Crippen MR) is 98.3 cm³/mol. The maximum atomic E-state index is 12.9. The van der Waals surface area contributed by atoms with E-state index in [1.54, 1.807) is 18.2 Å². The molecule has 3 rings (SSSR count). The Balaban J connectivity index is 1.63. The SMILES string of the molecule is O=C(N[C@@H](CO)C(=O)NCc1ccc(F)cc1)c1cnc2ccccc2c1. The number of benzene rings is 2. The Labute approximate surface area is 155 Å². The molecule has 3 aromatic rings. The number of aromatic nitrogens is 1. The highest BCUT2D eigenvalue weighted by Gasteiger charge is 2.20. The van der Waals surface area contributed by atoms with Gasteiger partial charge in [0.25, 0.3) is 5.91 Å². The summed E-state index contributed by atoms with van der Waals surface area (Å²) in [5.74, 6) is -1.41. The van der Waals surface area contributed by atoms with Crippen molar-refractivity contribution < 1.29 is 19.1 Å². The molecule has 27 heavy (non-hydrogen) atoms. The fourth-order valence-corrected chi connectivity index (χ4v) is 2.55.